The molecule has 1 heterocycles. The van der Waals surface area contributed by atoms with E-state index in [1.807, 2.05) is 13.8 Å². The zero-order valence-electron chi connectivity index (χ0n) is 17.9. The summed E-state index contributed by atoms with van der Waals surface area (Å²) in [5, 5.41) is 13.2. The lowest BCUT2D eigenvalue weighted by Gasteiger charge is -2.35. The van der Waals surface area contributed by atoms with E-state index in [0.717, 1.165) is 25.7 Å². The SMILES string of the molecule is CC(=O)c1cccc(Oc2ncccc2C(=O)NCC2CCC(C(C)(C)O)CC2)c1. The average molecular weight is 411 g/mol. The third kappa shape index (κ3) is 5.66. The van der Waals surface area contributed by atoms with E-state index in [4.69, 9.17) is 4.74 Å². The normalized spacial score (nSPS) is 19.2. The molecule has 160 valence electrons. The van der Waals surface area contributed by atoms with Crippen LogP contribution in [-0.2, 0) is 0 Å². The first-order valence-electron chi connectivity index (χ1n) is 10.5. The van der Waals surface area contributed by atoms with Crippen molar-refractivity contribution in [3.63, 3.8) is 0 Å². The highest BCUT2D eigenvalue weighted by atomic mass is 16.5. The zero-order valence-corrected chi connectivity index (χ0v) is 17.9. The Balaban J connectivity index is 1.61. The molecule has 6 heteroatoms. The predicted molar refractivity (Wildman–Crippen MR) is 115 cm³/mol. The average Bonchev–Trinajstić information content (AvgIpc) is 2.72. The lowest BCUT2D eigenvalue weighted by Crippen LogP contribution is -2.37. The van der Waals surface area contributed by atoms with Gasteiger partial charge >= 0.3 is 0 Å². The fourth-order valence-corrected chi connectivity index (χ4v) is 3.94. The minimum atomic E-state index is -0.643. The maximum Gasteiger partial charge on any atom is 0.256 e. The number of nitrogens with one attached hydrogen (secondary N) is 1. The Morgan fingerprint density at radius 3 is 2.57 bits per heavy atom. The van der Waals surface area contributed by atoms with Crippen molar-refractivity contribution in [1.82, 2.24) is 10.3 Å². The van der Waals surface area contributed by atoms with E-state index in [1.165, 1.54) is 6.92 Å². The van der Waals surface area contributed by atoms with E-state index in [9.17, 15) is 14.7 Å². The number of ether oxygens (including phenoxy) is 1. The second kappa shape index (κ2) is 9.39. The molecule has 1 amide bonds. The number of carbonyl (C=O) groups is 2. The maximum absolute atomic E-state index is 12.8. The van der Waals surface area contributed by atoms with Crippen molar-refractivity contribution in [3.8, 4) is 11.6 Å². The summed E-state index contributed by atoms with van der Waals surface area (Å²) in [5.41, 5.74) is 0.252. The van der Waals surface area contributed by atoms with Crippen LogP contribution in [0.5, 0.6) is 11.6 Å². The zero-order chi connectivity index (χ0) is 21.7. The number of hydrogen-bond donors (Lipinski definition) is 2. The van der Waals surface area contributed by atoms with Gasteiger partial charge in [-0.3, -0.25) is 9.59 Å². The van der Waals surface area contributed by atoms with Crippen molar-refractivity contribution in [2.24, 2.45) is 11.8 Å². The molecule has 0 spiro atoms. The minimum absolute atomic E-state index is 0.0567. The summed E-state index contributed by atoms with van der Waals surface area (Å²) in [4.78, 5) is 28.6. The number of pyridine rings is 1. The van der Waals surface area contributed by atoms with Crippen LogP contribution in [0.4, 0.5) is 0 Å². The standard InChI is InChI=1S/C24H30N2O4/c1-16(27)18-6-4-7-20(14-18)30-23-21(8-5-13-25-23)22(28)26-15-17-9-11-19(12-10-17)24(2,3)29/h4-8,13-14,17,19,29H,9-12,15H2,1-3H3,(H,26,28). The number of ketones is 1. The highest BCUT2D eigenvalue weighted by Gasteiger charge is 2.31. The Kier molecular flexibility index (Phi) is 6.87. The van der Waals surface area contributed by atoms with Crippen LogP contribution >= 0.6 is 0 Å². The summed E-state index contributed by atoms with van der Waals surface area (Å²) in [6, 6.07) is 10.2. The Labute approximate surface area is 177 Å². The van der Waals surface area contributed by atoms with E-state index >= 15 is 0 Å². The molecule has 0 bridgehead atoms. The molecule has 2 N–H and O–H groups in total. The van der Waals surface area contributed by atoms with Crippen LogP contribution in [0.15, 0.2) is 42.6 Å². The van der Waals surface area contributed by atoms with Crippen LogP contribution < -0.4 is 10.1 Å². The lowest BCUT2D eigenvalue weighted by atomic mass is 9.75. The fourth-order valence-electron chi connectivity index (χ4n) is 3.94. The summed E-state index contributed by atoms with van der Waals surface area (Å²) >= 11 is 0. The molecule has 1 fully saturated rings. The second-order valence-corrected chi connectivity index (χ2v) is 8.62. The van der Waals surface area contributed by atoms with Gasteiger partial charge in [-0.2, -0.15) is 0 Å². The van der Waals surface area contributed by atoms with Gasteiger partial charge in [-0.15, -0.1) is 0 Å². The van der Waals surface area contributed by atoms with Gasteiger partial charge in [-0.05, 0) is 82.6 Å². The van der Waals surface area contributed by atoms with Crippen LogP contribution in [-0.4, -0.2) is 33.9 Å². The summed E-state index contributed by atoms with van der Waals surface area (Å²) < 4.78 is 5.81. The van der Waals surface area contributed by atoms with E-state index in [-0.39, 0.29) is 17.6 Å². The van der Waals surface area contributed by atoms with Crippen LogP contribution in [0, 0.1) is 11.8 Å². The molecule has 3 rings (SSSR count). The smallest absolute Gasteiger partial charge is 0.256 e. The Morgan fingerprint density at radius 2 is 1.90 bits per heavy atom. The molecule has 30 heavy (non-hydrogen) atoms. The molecule has 0 radical (unpaired) electrons. The molecule has 1 aliphatic carbocycles. The van der Waals surface area contributed by atoms with Gasteiger partial charge in [0.2, 0.25) is 5.88 Å². The van der Waals surface area contributed by atoms with Crippen molar-refractivity contribution >= 4 is 11.7 Å². The first kappa shape index (κ1) is 22.0. The number of aliphatic hydroxyl groups is 1. The van der Waals surface area contributed by atoms with E-state index in [1.54, 1.807) is 42.6 Å². The first-order valence-corrected chi connectivity index (χ1v) is 10.5. The second-order valence-electron chi connectivity index (χ2n) is 8.62. The van der Waals surface area contributed by atoms with Gasteiger partial charge in [-0.25, -0.2) is 4.98 Å². The number of nitrogens with zero attached hydrogens (tertiary/aromatic N) is 1. The fraction of sp³-hybridized carbons (Fsp3) is 0.458. The predicted octanol–water partition coefficient (Wildman–Crippen LogP) is 4.38. The lowest BCUT2D eigenvalue weighted by molar-refractivity contribution is -0.00575. The van der Waals surface area contributed by atoms with Crippen LogP contribution in [0.1, 0.15) is 67.2 Å². The van der Waals surface area contributed by atoms with Gasteiger partial charge in [0.1, 0.15) is 11.3 Å². The number of hydrogen-bond acceptors (Lipinski definition) is 5. The Bertz CT molecular complexity index is 896. The third-order valence-electron chi connectivity index (χ3n) is 5.87. The van der Waals surface area contributed by atoms with E-state index in [0.29, 0.717) is 35.3 Å². The van der Waals surface area contributed by atoms with Crippen LogP contribution in [0.2, 0.25) is 0 Å². The number of benzene rings is 1. The molecule has 1 aromatic heterocycles. The monoisotopic (exact) mass is 410 g/mol. The Morgan fingerprint density at radius 1 is 1.17 bits per heavy atom. The molecule has 0 saturated heterocycles. The maximum atomic E-state index is 12.8. The highest BCUT2D eigenvalue weighted by molar-refractivity contribution is 5.96. The molecule has 0 aliphatic heterocycles. The summed E-state index contributed by atoms with van der Waals surface area (Å²) in [6.07, 6.45) is 5.49. The number of carbonyl (C=O) groups excluding carboxylic acids is 2. The topological polar surface area (TPSA) is 88.5 Å². The molecule has 1 aliphatic rings. The van der Waals surface area contributed by atoms with Crippen molar-refractivity contribution in [3.05, 3.63) is 53.7 Å². The van der Waals surface area contributed by atoms with Gasteiger partial charge in [0.25, 0.3) is 5.91 Å². The van der Waals surface area contributed by atoms with Crippen molar-refractivity contribution in [1.29, 1.82) is 0 Å². The van der Waals surface area contributed by atoms with Gasteiger partial charge in [-0.1, -0.05) is 12.1 Å². The number of rotatable bonds is 7. The number of amides is 1. The summed E-state index contributed by atoms with van der Waals surface area (Å²) in [5.74, 6) is 1.10. The van der Waals surface area contributed by atoms with Crippen LogP contribution in [0.25, 0.3) is 0 Å². The van der Waals surface area contributed by atoms with Gasteiger partial charge in [0.15, 0.2) is 5.78 Å². The molecule has 0 unspecified atom stereocenters. The largest absolute Gasteiger partial charge is 0.438 e. The van der Waals surface area contributed by atoms with Gasteiger partial charge in [0, 0.05) is 18.3 Å². The molecular formula is C24H30N2O4. The quantitative estimate of drug-likeness (QED) is 0.661. The van der Waals surface area contributed by atoms with Crippen molar-refractivity contribution < 1.29 is 19.4 Å². The minimum Gasteiger partial charge on any atom is -0.438 e. The van der Waals surface area contributed by atoms with Crippen LogP contribution in [0.3, 0.4) is 0 Å². The summed E-state index contributed by atoms with van der Waals surface area (Å²) in [6.45, 7) is 5.82. The highest BCUT2D eigenvalue weighted by Crippen LogP contribution is 2.35. The summed E-state index contributed by atoms with van der Waals surface area (Å²) in [7, 11) is 0. The van der Waals surface area contributed by atoms with Crippen molar-refractivity contribution in [2.75, 3.05) is 6.54 Å². The van der Waals surface area contributed by atoms with Gasteiger partial charge < -0.3 is 15.2 Å². The molecular weight excluding hydrogens is 380 g/mol. The third-order valence-corrected chi connectivity index (χ3v) is 5.87. The van der Waals surface area contributed by atoms with E-state index in [2.05, 4.69) is 10.3 Å². The molecule has 0 atom stereocenters. The first-order chi connectivity index (χ1) is 14.2. The molecule has 1 aromatic carbocycles. The van der Waals surface area contributed by atoms with Crippen molar-refractivity contribution in [2.45, 2.75) is 52.1 Å². The molecule has 2 aromatic rings. The number of Topliss-reactive ketones (excluding diaryl/α,β-unsaturated/α-hetero) is 1. The molecule has 6 nitrogen and oxygen atoms in total. The molecule has 1 saturated carbocycles. The Hall–Kier alpha value is -2.73. The number of aromatic nitrogens is 1. The van der Waals surface area contributed by atoms with E-state index < -0.39 is 5.60 Å². The van der Waals surface area contributed by atoms with Gasteiger partial charge in [0.05, 0.1) is 5.60 Å².